The van der Waals surface area contributed by atoms with Crippen molar-refractivity contribution in [3.05, 3.63) is 23.9 Å². The molecule has 0 spiro atoms. The maximum Gasteiger partial charge on any atom is 0.126 e. The monoisotopic (exact) mass is 220 g/mol. The molecule has 1 fully saturated rings. The highest BCUT2D eigenvalue weighted by Crippen LogP contribution is 2.21. The Labute approximate surface area is 96.9 Å². The Bertz CT molecular complexity index is 340. The molecule has 1 aromatic heterocycles. The Kier molecular flexibility index (Phi) is 3.78. The molecule has 3 heteroatoms. The molecule has 3 nitrogen and oxygen atoms in total. The summed E-state index contributed by atoms with van der Waals surface area (Å²) in [7, 11) is 0. The molecule has 2 atom stereocenters. The molecule has 2 N–H and O–H groups in total. The zero-order chi connectivity index (χ0) is 11.4. The predicted octanol–water partition coefficient (Wildman–Crippen LogP) is 2.50. The highest BCUT2D eigenvalue weighted by molar-refractivity contribution is 5.38. The van der Waals surface area contributed by atoms with Crippen LogP contribution >= 0.6 is 0 Å². The van der Waals surface area contributed by atoms with E-state index in [0.717, 1.165) is 25.1 Å². The van der Waals surface area contributed by atoms with E-state index in [1.54, 1.807) is 6.20 Å². The van der Waals surface area contributed by atoms with E-state index in [-0.39, 0.29) is 12.1 Å². The Balaban J connectivity index is 2.02. The quantitative estimate of drug-likeness (QED) is 0.753. The van der Waals surface area contributed by atoms with Crippen molar-refractivity contribution in [3.8, 4) is 0 Å². The van der Waals surface area contributed by atoms with Crippen LogP contribution in [0.3, 0.4) is 0 Å². The van der Waals surface area contributed by atoms with Crippen molar-refractivity contribution in [1.82, 2.24) is 4.98 Å². The Hall–Kier alpha value is -1.09. The van der Waals surface area contributed by atoms with Crippen molar-refractivity contribution in [2.24, 2.45) is 0 Å². The van der Waals surface area contributed by atoms with Gasteiger partial charge in [0.1, 0.15) is 5.82 Å². The van der Waals surface area contributed by atoms with Gasteiger partial charge in [-0.2, -0.15) is 0 Å². The van der Waals surface area contributed by atoms with Gasteiger partial charge in [0.25, 0.3) is 0 Å². The topological polar surface area (TPSA) is 45.2 Å². The lowest BCUT2D eigenvalue weighted by Crippen LogP contribution is -2.32. The third-order valence-electron chi connectivity index (χ3n) is 3.23. The first-order chi connectivity index (χ1) is 7.75. The molecule has 1 saturated carbocycles. The van der Waals surface area contributed by atoms with Crippen LogP contribution in [0.25, 0.3) is 0 Å². The molecule has 1 aromatic rings. The lowest BCUT2D eigenvalue weighted by atomic mass is 10.1. The van der Waals surface area contributed by atoms with E-state index in [9.17, 15) is 5.11 Å². The number of rotatable bonds is 2. The van der Waals surface area contributed by atoms with Gasteiger partial charge < -0.3 is 10.4 Å². The van der Waals surface area contributed by atoms with E-state index in [1.165, 1.54) is 18.4 Å². The molecule has 0 amide bonds. The molecule has 2 rings (SSSR count). The summed E-state index contributed by atoms with van der Waals surface area (Å²) in [4.78, 5) is 4.28. The lowest BCUT2D eigenvalue weighted by Gasteiger charge is -2.22. The SMILES string of the molecule is Cc1ccnc(NC2CCCCCC2O)c1. The zero-order valence-corrected chi connectivity index (χ0v) is 9.82. The van der Waals surface area contributed by atoms with Gasteiger partial charge in [0.05, 0.1) is 12.1 Å². The minimum atomic E-state index is -0.232. The Morgan fingerprint density at radius 2 is 2.12 bits per heavy atom. The fraction of sp³-hybridized carbons (Fsp3) is 0.615. The summed E-state index contributed by atoms with van der Waals surface area (Å²) in [5.41, 5.74) is 1.20. The molecule has 1 heterocycles. The average molecular weight is 220 g/mol. The van der Waals surface area contributed by atoms with Crippen LogP contribution in [0.2, 0.25) is 0 Å². The van der Waals surface area contributed by atoms with Crippen LogP contribution in [0.5, 0.6) is 0 Å². The van der Waals surface area contributed by atoms with Crippen LogP contribution in [0.15, 0.2) is 18.3 Å². The summed E-state index contributed by atoms with van der Waals surface area (Å²) in [6.45, 7) is 2.05. The number of aryl methyl sites for hydroxylation is 1. The Morgan fingerprint density at radius 1 is 1.31 bits per heavy atom. The summed E-state index contributed by atoms with van der Waals surface area (Å²) in [5, 5.41) is 13.3. The Morgan fingerprint density at radius 3 is 2.94 bits per heavy atom. The van der Waals surface area contributed by atoms with Crippen molar-refractivity contribution in [1.29, 1.82) is 0 Å². The number of hydrogen-bond donors (Lipinski definition) is 2. The van der Waals surface area contributed by atoms with Crippen LogP contribution in [-0.2, 0) is 0 Å². The highest BCUT2D eigenvalue weighted by Gasteiger charge is 2.21. The molecule has 0 aromatic carbocycles. The van der Waals surface area contributed by atoms with Gasteiger partial charge in [0, 0.05) is 6.20 Å². The van der Waals surface area contributed by atoms with E-state index in [2.05, 4.69) is 17.2 Å². The zero-order valence-electron chi connectivity index (χ0n) is 9.82. The minimum absolute atomic E-state index is 0.164. The van der Waals surface area contributed by atoms with Crippen LogP contribution in [0.1, 0.15) is 37.7 Å². The smallest absolute Gasteiger partial charge is 0.126 e. The largest absolute Gasteiger partial charge is 0.391 e. The van der Waals surface area contributed by atoms with Gasteiger partial charge in [0.2, 0.25) is 0 Å². The van der Waals surface area contributed by atoms with Crippen LogP contribution in [-0.4, -0.2) is 22.2 Å². The van der Waals surface area contributed by atoms with Crippen molar-refractivity contribution >= 4 is 5.82 Å². The fourth-order valence-corrected chi connectivity index (χ4v) is 2.26. The number of nitrogens with zero attached hydrogens (tertiary/aromatic N) is 1. The third-order valence-corrected chi connectivity index (χ3v) is 3.23. The molecule has 16 heavy (non-hydrogen) atoms. The predicted molar refractivity (Wildman–Crippen MR) is 65.5 cm³/mol. The van der Waals surface area contributed by atoms with Crippen molar-refractivity contribution in [3.63, 3.8) is 0 Å². The number of anilines is 1. The van der Waals surface area contributed by atoms with Crippen molar-refractivity contribution in [2.45, 2.75) is 51.2 Å². The maximum absolute atomic E-state index is 9.99. The maximum atomic E-state index is 9.99. The first kappa shape index (κ1) is 11.4. The number of hydrogen-bond acceptors (Lipinski definition) is 3. The van der Waals surface area contributed by atoms with Crippen LogP contribution < -0.4 is 5.32 Å². The van der Waals surface area contributed by atoms with Gasteiger partial charge in [-0.05, 0) is 37.5 Å². The molecular formula is C13H20N2O. The van der Waals surface area contributed by atoms with Crippen molar-refractivity contribution < 1.29 is 5.11 Å². The normalized spacial score (nSPS) is 26.1. The fourth-order valence-electron chi connectivity index (χ4n) is 2.26. The van der Waals surface area contributed by atoms with Crippen LogP contribution in [0.4, 0.5) is 5.82 Å². The number of aliphatic hydroxyl groups is 1. The van der Waals surface area contributed by atoms with E-state index in [4.69, 9.17) is 0 Å². The molecule has 2 unspecified atom stereocenters. The summed E-state index contributed by atoms with van der Waals surface area (Å²) in [5.74, 6) is 0.881. The average Bonchev–Trinajstić information content (AvgIpc) is 2.45. The van der Waals surface area contributed by atoms with Gasteiger partial charge in [-0.1, -0.05) is 19.3 Å². The van der Waals surface area contributed by atoms with Gasteiger partial charge in [-0.15, -0.1) is 0 Å². The summed E-state index contributed by atoms with van der Waals surface area (Å²) in [6, 6.07) is 4.17. The first-order valence-electron chi connectivity index (χ1n) is 6.13. The summed E-state index contributed by atoms with van der Waals surface area (Å²) in [6.07, 6.45) is 7.09. The molecule has 0 radical (unpaired) electrons. The highest BCUT2D eigenvalue weighted by atomic mass is 16.3. The first-order valence-corrected chi connectivity index (χ1v) is 6.13. The van der Waals surface area contributed by atoms with E-state index in [1.807, 2.05) is 12.1 Å². The second-order valence-corrected chi connectivity index (χ2v) is 4.67. The molecular weight excluding hydrogens is 200 g/mol. The molecule has 88 valence electrons. The number of aromatic nitrogens is 1. The number of nitrogens with one attached hydrogen (secondary N) is 1. The standard InChI is InChI=1S/C13H20N2O/c1-10-7-8-14-13(9-10)15-11-5-3-2-4-6-12(11)16/h7-9,11-12,16H,2-6H2,1H3,(H,14,15). The van der Waals surface area contributed by atoms with Crippen LogP contribution in [0, 0.1) is 6.92 Å². The second kappa shape index (κ2) is 5.30. The molecule has 1 aliphatic carbocycles. The molecule has 1 aliphatic rings. The molecule has 0 saturated heterocycles. The minimum Gasteiger partial charge on any atom is -0.391 e. The van der Waals surface area contributed by atoms with E-state index >= 15 is 0 Å². The number of aliphatic hydroxyl groups excluding tert-OH is 1. The molecule has 0 aliphatic heterocycles. The van der Waals surface area contributed by atoms with Gasteiger partial charge >= 0.3 is 0 Å². The number of pyridine rings is 1. The second-order valence-electron chi connectivity index (χ2n) is 4.67. The summed E-state index contributed by atoms with van der Waals surface area (Å²) < 4.78 is 0. The van der Waals surface area contributed by atoms with Gasteiger partial charge in [-0.25, -0.2) is 4.98 Å². The molecule has 0 bridgehead atoms. The lowest BCUT2D eigenvalue weighted by molar-refractivity contribution is 0.144. The van der Waals surface area contributed by atoms with Crippen molar-refractivity contribution in [2.75, 3.05) is 5.32 Å². The van der Waals surface area contributed by atoms with E-state index < -0.39 is 0 Å². The van der Waals surface area contributed by atoms with Gasteiger partial charge in [0.15, 0.2) is 0 Å². The summed E-state index contributed by atoms with van der Waals surface area (Å²) >= 11 is 0. The third kappa shape index (κ3) is 2.95. The van der Waals surface area contributed by atoms with Gasteiger partial charge in [-0.3, -0.25) is 0 Å². The van der Waals surface area contributed by atoms with E-state index in [0.29, 0.717) is 0 Å².